The molecule has 0 aromatic heterocycles. The Labute approximate surface area is 481 Å². The van der Waals surface area contributed by atoms with Crippen LogP contribution in [0.15, 0.2) is 36.5 Å². The molecule has 0 aromatic rings. The highest BCUT2D eigenvalue weighted by Crippen LogP contribution is 2.18. The van der Waals surface area contributed by atoms with Crippen LogP contribution < -0.4 is 5.32 Å². The van der Waals surface area contributed by atoms with Gasteiger partial charge in [-0.15, -0.1) is 0 Å². The number of amides is 1. The monoisotopic (exact) mass is 1080 g/mol. The third kappa shape index (κ3) is 63.1. The lowest BCUT2D eigenvalue weighted by Crippen LogP contribution is -2.45. The Morgan fingerprint density at radius 2 is 0.649 bits per heavy atom. The minimum absolute atomic E-state index is 0.0165. The molecule has 454 valence electrons. The van der Waals surface area contributed by atoms with Gasteiger partial charge in [0.2, 0.25) is 5.91 Å². The molecule has 0 aliphatic carbocycles. The smallest absolute Gasteiger partial charge is 0.305 e. The molecule has 3 N–H and O–H groups in total. The summed E-state index contributed by atoms with van der Waals surface area (Å²) in [5.41, 5.74) is 0. The Bertz CT molecular complexity index is 1250. The SMILES string of the molecule is CCCCCCCCCCCCC/C=C/C(O)C(CO)NC(=O)CCCCCCCCCCCCCCCCCCC/C=C\C/C=C\CCCCCCCCCCCOC(=O)CCCCCCCCCCCCCCCC. The van der Waals surface area contributed by atoms with Gasteiger partial charge >= 0.3 is 5.97 Å². The van der Waals surface area contributed by atoms with E-state index in [0.29, 0.717) is 19.4 Å². The average Bonchev–Trinajstić information content (AvgIpc) is 3.43. The number of aliphatic hydroxyl groups is 2. The summed E-state index contributed by atoms with van der Waals surface area (Å²) in [4.78, 5) is 24.5. The second-order valence-corrected chi connectivity index (χ2v) is 23.9. The van der Waals surface area contributed by atoms with Crippen molar-refractivity contribution in [3.05, 3.63) is 36.5 Å². The predicted octanol–water partition coefficient (Wildman–Crippen LogP) is 22.3. The van der Waals surface area contributed by atoms with Gasteiger partial charge in [-0.1, -0.05) is 339 Å². The first-order valence-corrected chi connectivity index (χ1v) is 34.8. The molecule has 0 bridgehead atoms. The maximum atomic E-state index is 12.5. The number of ether oxygens (including phenoxy) is 1. The number of hydrogen-bond donors (Lipinski definition) is 3. The third-order valence-electron chi connectivity index (χ3n) is 16.2. The van der Waals surface area contributed by atoms with Crippen LogP contribution >= 0.6 is 0 Å². The fourth-order valence-corrected chi connectivity index (χ4v) is 10.8. The van der Waals surface area contributed by atoms with Crippen LogP contribution in [0.3, 0.4) is 0 Å². The molecule has 77 heavy (non-hydrogen) atoms. The predicted molar refractivity (Wildman–Crippen MR) is 338 cm³/mol. The van der Waals surface area contributed by atoms with E-state index < -0.39 is 12.1 Å². The van der Waals surface area contributed by atoms with E-state index in [0.717, 1.165) is 44.9 Å². The van der Waals surface area contributed by atoms with Gasteiger partial charge in [-0.3, -0.25) is 9.59 Å². The van der Waals surface area contributed by atoms with Crippen molar-refractivity contribution in [2.24, 2.45) is 0 Å². The van der Waals surface area contributed by atoms with E-state index >= 15 is 0 Å². The lowest BCUT2D eigenvalue weighted by molar-refractivity contribution is -0.143. The summed E-state index contributed by atoms with van der Waals surface area (Å²) in [7, 11) is 0. The summed E-state index contributed by atoms with van der Waals surface area (Å²) in [6, 6.07) is -0.626. The minimum Gasteiger partial charge on any atom is -0.466 e. The van der Waals surface area contributed by atoms with E-state index in [1.807, 2.05) is 6.08 Å². The maximum absolute atomic E-state index is 12.5. The lowest BCUT2D eigenvalue weighted by atomic mass is 10.0. The number of aliphatic hydroxyl groups excluding tert-OH is 2. The molecule has 6 heteroatoms. The number of nitrogens with one attached hydrogen (secondary N) is 1. The van der Waals surface area contributed by atoms with Crippen molar-refractivity contribution in [2.75, 3.05) is 13.2 Å². The number of unbranched alkanes of at least 4 members (excludes halogenated alkanes) is 50. The summed E-state index contributed by atoms with van der Waals surface area (Å²) in [6.45, 7) is 4.92. The summed E-state index contributed by atoms with van der Waals surface area (Å²) in [5, 5.41) is 23.1. The van der Waals surface area contributed by atoms with E-state index in [4.69, 9.17) is 4.74 Å². The molecule has 0 saturated heterocycles. The van der Waals surface area contributed by atoms with Gasteiger partial charge in [-0.05, 0) is 64.2 Å². The Morgan fingerprint density at radius 1 is 0.364 bits per heavy atom. The first-order valence-electron chi connectivity index (χ1n) is 34.8. The van der Waals surface area contributed by atoms with Crippen molar-refractivity contribution < 1.29 is 24.5 Å². The molecule has 0 aliphatic rings. The fraction of sp³-hybridized carbons (Fsp3) is 0.887. The normalized spacial score (nSPS) is 12.7. The van der Waals surface area contributed by atoms with Crippen LogP contribution in [-0.4, -0.2) is 47.4 Å². The van der Waals surface area contributed by atoms with E-state index in [1.165, 1.54) is 308 Å². The van der Waals surface area contributed by atoms with Crippen molar-refractivity contribution in [1.82, 2.24) is 5.32 Å². The minimum atomic E-state index is -0.842. The number of hydrogen-bond acceptors (Lipinski definition) is 5. The first kappa shape index (κ1) is 75.1. The number of esters is 1. The van der Waals surface area contributed by atoms with Gasteiger partial charge in [0.15, 0.2) is 0 Å². The van der Waals surface area contributed by atoms with Crippen molar-refractivity contribution in [3.63, 3.8) is 0 Å². The van der Waals surface area contributed by atoms with E-state index in [2.05, 4.69) is 43.5 Å². The second-order valence-electron chi connectivity index (χ2n) is 23.9. The lowest BCUT2D eigenvalue weighted by Gasteiger charge is -2.20. The van der Waals surface area contributed by atoms with Gasteiger partial charge in [0.25, 0.3) is 0 Å². The Kier molecular flexibility index (Phi) is 64.9. The third-order valence-corrected chi connectivity index (χ3v) is 16.2. The maximum Gasteiger partial charge on any atom is 0.305 e. The van der Waals surface area contributed by atoms with Crippen LogP contribution in [0.2, 0.25) is 0 Å². The number of carbonyl (C=O) groups is 2. The van der Waals surface area contributed by atoms with E-state index in [1.54, 1.807) is 6.08 Å². The average molecular weight is 1080 g/mol. The van der Waals surface area contributed by atoms with Crippen molar-refractivity contribution in [2.45, 2.75) is 392 Å². The van der Waals surface area contributed by atoms with E-state index in [9.17, 15) is 19.8 Å². The van der Waals surface area contributed by atoms with Crippen LogP contribution in [0.1, 0.15) is 380 Å². The van der Waals surface area contributed by atoms with Gasteiger partial charge in [0.05, 0.1) is 25.4 Å². The Balaban J connectivity index is 3.38. The molecule has 0 rings (SSSR count). The molecule has 0 spiro atoms. The van der Waals surface area contributed by atoms with Crippen LogP contribution in [0.25, 0.3) is 0 Å². The van der Waals surface area contributed by atoms with Gasteiger partial charge < -0.3 is 20.3 Å². The van der Waals surface area contributed by atoms with Crippen LogP contribution in [0.4, 0.5) is 0 Å². The fourth-order valence-electron chi connectivity index (χ4n) is 10.8. The zero-order valence-corrected chi connectivity index (χ0v) is 52.0. The van der Waals surface area contributed by atoms with Gasteiger partial charge in [0.1, 0.15) is 0 Å². The van der Waals surface area contributed by atoms with Crippen molar-refractivity contribution >= 4 is 11.9 Å². The highest BCUT2D eigenvalue weighted by atomic mass is 16.5. The molecule has 0 heterocycles. The Hall–Kier alpha value is -1.92. The first-order chi connectivity index (χ1) is 38.0. The van der Waals surface area contributed by atoms with E-state index in [-0.39, 0.29) is 18.5 Å². The summed E-state index contributed by atoms with van der Waals surface area (Å²) in [5.74, 6) is -0.0485. The molecule has 0 aromatic carbocycles. The highest BCUT2D eigenvalue weighted by molar-refractivity contribution is 5.76. The molecule has 0 saturated carbocycles. The molecule has 2 atom stereocenters. The van der Waals surface area contributed by atoms with Crippen LogP contribution in [0.5, 0.6) is 0 Å². The summed E-state index contributed by atoms with van der Waals surface area (Å²) >= 11 is 0. The summed E-state index contributed by atoms with van der Waals surface area (Å²) < 4.78 is 5.49. The van der Waals surface area contributed by atoms with Gasteiger partial charge in [0, 0.05) is 12.8 Å². The van der Waals surface area contributed by atoms with Crippen molar-refractivity contribution in [3.8, 4) is 0 Å². The zero-order chi connectivity index (χ0) is 55.7. The van der Waals surface area contributed by atoms with Crippen molar-refractivity contribution in [1.29, 1.82) is 0 Å². The molecule has 0 radical (unpaired) electrons. The molecule has 0 fully saturated rings. The van der Waals surface area contributed by atoms with Gasteiger partial charge in [-0.2, -0.15) is 0 Å². The number of rotatable bonds is 65. The second kappa shape index (κ2) is 66.6. The topological polar surface area (TPSA) is 95.9 Å². The largest absolute Gasteiger partial charge is 0.466 e. The molecule has 6 nitrogen and oxygen atoms in total. The van der Waals surface area contributed by atoms with Gasteiger partial charge in [-0.25, -0.2) is 0 Å². The Morgan fingerprint density at radius 3 is 0.987 bits per heavy atom. The zero-order valence-electron chi connectivity index (χ0n) is 52.0. The van der Waals surface area contributed by atoms with Crippen LogP contribution in [-0.2, 0) is 14.3 Å². The standard InChI is InChI=1S/C71H135NO5/c1-3-5-7-9-11-13-15-17-41-45-49-53-57-61-65-71(76)77-66-62-58-54-50-46-42-38-36-34-32-30-28-26-24-22-20-18-19-21-23-25-27-29-31-33-35-37-40-44-48-52-56-60-64-70(75)72-68(67-73)69(74)63-59-55-51-47-43-39-16-14-12-10-8-6-4-2/h22,24,28,30,59,63,68-69,73-74H,3-21,23,25-27,29,31-58,60-62,64-67H2,1-2H3,(H,72,75)/b24-22-,30-28-,63-59+. The molecular weight excluding hydrogens is 947 g/mol. The molecular formula is C71H135NO5. The van der Waals surface area contributed by atoms with Crippen LogP contribution in [0, 0.1) is 0 Å². The summed E-state index contributed by atoms with van der Waals surface area (Å²) in [6.07, 6.45) is 85.1. The quantitative estimate of drug-likeness (QED) is 0.0320. The molecule has 1 amide bonds. The highest BCUT2D eigenvalue weighted by Gasteiger charge is 2.18. The molecule has 0 aliphatic heterocycles. The number of carbonyl (C=O) groups excluding carboxylic acids is 2. The number of allylic oxidation sites excluding steroid dienone is 5. The molecule has 2 unspecified atom stereocenters.